The Morgan fingerprint density at radius 3 is 2.14 bits per heavy atom. The number of piperidine rings is 1. The Balaban J connectivity index is 1.23. The predicted molar refractivity (Wildman–Crippen MR) is 168 cm³/mol. The Morgan fingerprint density at radius 2 is 1.47 bits per heavy atom. The lowest BCUT2D eigenvalue weighted by Gasteiger charge is -2.46. The van der Waals surface area contributed by atoms with Crippen molar-refractivity contribution in [3.05, 3.63) is 102 Å². The number of rotatable bonds is 10. The van der Waals surface area contributed by atoms with E-state index in [4.69, 9.17) is 0 Å². The number of fused-ring (bicyclic) bond motifs is 2. The number of nitrogens with one attached hydrogen (secondary N) is 1. The van der Waals surface area contributed by atoms with Crippen LogP contribution in [-0.4, -0.2) is 69.7 Å². The number of amides is 3. The second-order valence-electron chi connectivity index (χ2n) is 12.0. The number of thioether (sulfide) groups is 1. The van der Waals surface area contributed by atoms with Crippen molar-refractivity contribution < 1.29 is 19.5 Å². The van der Waals surface area contributed by atoms with E-state index in [0.717, 1.165) is 36.3 Å². The summed E-state index contributed by atoms with van der Waals surface area (Å²) in [5.74, 6) is 0.548. The molecule has 1 aliphatic carbocycles. The zero-order chi connectivity index (χ0) is 29.8. The third-order valence-corrected chi connectivity index (χ3v) is 10.4. The minimum atomic E-state index is -1.03. The van der Waals surface area contributed by atoms with Crippen LogP contribution in [0, 0.1) is 11.8 Å². The van der Waals surface area contributed by atoms with Crippen LogP contribution in [0.25, 0.3) is 0 Å². The quantitative estimate of drug-likeness (QED) is 0.253. The summed E-state index contributed by atoms with van der Waals surface area (Å²) >= 11 is 1.52. The first-order valence-electron chi connectivity index (χ1n) is 15.4. The summed E-state index contributed by atoms with van der Waals surface area (Å²) in [6, 6.07) is 25.4. The van der Waals surface area contributed by atoms with E-state index in [1.807, 2.05) is 60.7 Å². The van der Waals surface area contributed by atoms with Crippen molar-refractivity contribution in [2.45, 2.75) is 61.7 Å². The van der Waals surface area contributed by atoms with Gasteiger partial charge in [-0.2, -0.15) is 0 Å². The Kier molecular flexibility index (Phi) is 9.26. The van der Waals surface area contributed by atoms with Crippen LogP contribution in [0.15, 0.2) is 89.8 Å². The van der Waals surface area contributed by atoms with Crippen molar-refractivity contribution in [3.63, 3.8) is 0 Å². The average Bonchev–Trinajstić information content (AvgIpc) is 3.30. The highest BCUT2D eigenvalue weighted by atomic mass is 32.2. The van der Waals surface area contributed by atoms with E-state index in [2.05, 4.69) is 10.2 Å². The molecule has 2 heterocycles. The van der Waals surface area contributed by atoms with Crippen LogP contribution in [0.3, 0.4) is 0 Å². The molecule has 3 amide bonds. The molecule has 5 atom stereocenters. The molecule has 8 heteroatoms. The fraction of sp³-hybridized carbons (Fsp3) is 0.400. The molecule has 3 aliphatic rings. The minimum Gasteiger partial charge on any atom is -0.390 e. The molecule has 5 unspecified atom stereocenters. The molecule has 1 saturated carbocycles. The van der Waals surface area contributed by atoms with Gasteiger partial charge < -0.3 is 10.4 Å². The van der Waals surface area contributed by atoms with Gasteiger partial charge in [0, 0.05) is 30.3 Å². The molecular weight excluding hydrogens is 558 g/mol. The second-order valence-corrected chi connectivity index (χ2v) is 13.1. The Labute approximate surface area is 257 Å². The zero-order valence-electron chi connectivity index (χ0n) is 24.3. The standard InChI is InChI=1S/C35H39N3O4S/c39-32(31(23-43-27-15-5-2-6-16-27)38-34(41)28-17-9-10-18-29(28)35(38)42)22-37-21-26-14-8-7-13-25(26)19-30(37)33(40)36-20-24-11-3-1-4-12-24/h1-6,9-12,15-18,25-26,30-32,39H,7-8,13-14,19-23H2,(H,36,40). The van der Waals surface area contributed by atoms with E-state index in [1.165, 1.54) is 29.5 Å². The van der Waals surface area contributed by atoms with Crippen LogP contribution in [0.2, 0.25) is 0 Å². The highest BCUT2D eigenvalue weighted by Crippen LogP contribution is 2.39. The van der Waals surface area contributed by atoms with Crippen molar-refractivity contribution in [2.75, 3.05) is 18.8 Å². The number of aliphatic hydroxyl groups is 1. The lowest BCUT2D eigenvalue weighted by Crippen LogP contribution is -2.59. The number of nitrogens with zero attached hydrogens (tertiary/aromatic N) is 2. The minimum absolute atomic E-state index is 0.0315. The van der Waals surface area contributed by atoms with Gasteiger partial charge in [0.1, 0.15) is 0 Å². The molecule has 224 valence electrons. The fourth-order valence-electron chi connectivity index (χ4n) is 7.00. The largest absolute Gasteiger partial charge is 0.390 e. The van der Waals surface area contributed by atoms with E-state index in [0.29, 0.717) is 35.3 Å². The van der Waals surface area contributed by atoms with E-state index >= 15 is 0 Å². The lowest BCUT2D eigenvalue weighted by molar-refractivity contribution is -0.131. The highest BCUT2D eigenvalue weighted by molar-refractivity contribution is 7.99. The summed E-state index contributed by atoms with van der Waals surface area (Å²) < 4.78 is 0. The van der Waals surface area contributed by atoms with Gasteiger partial charge in [0.25, 0.3) is 11.8 Å². The number of β-amino-alcohol motifs (C(OH)–C–C–N with tert-alkyl or cyclic N) is 1. The van der Waals surface area contributed by atoms with Crippen LogP contribution in [0.4, 0.5) is 0 Å². The second kappa shape index (κ2) is 13.5. The summed E-state index contributed by atoms with van der Waals surface area (Å²) in [6.07, 6.45) is 4.38. The molecule has 0 spiro atoms. The Bertz CT molecular complexity index is 1400. The maximum absolute atomic E-state index is 13.7. The topological polar surface area (TPSA) is 90.0 Å². The van der Waals surface area contributed by atoms with Crippen molar-refractivity contribution in [2.24, 2.45) is 11.8 Å². The third kappa shape index (κ3) is 6.56. The van der Waals surface area contributed by atoms with Gasteiger partial charge >= 0.3 is 0 Å². The number of hydrogen-bond acceptors (Lipinski definition) is 6. The summed E-state index contributed by atoms with van der Waals surface area (Å²) in [4.78, 5) is 45.1. The van der Waals surface area contributed by atoms with E-state index < -0.39 is 12.1 Å². The first-order valence-corrected chi connectivity index (χ1v) is 16.4. The molecule has 2 aliphatic heterocycles. The molecule has 0 aromatic heterocycles. The Morgan fingerprint density at radius 1 is 0.860 bits per heavy atom. The first kappa shape index (κ1) is 29.6. The number of imide groups is 1. The van der Waals surface area contributed by atoms with Crippen molar-refractivity contribution in [3.8, 4) is 0 Å². The van der Waals surface area contributed by atoms with Crippen LogP contribution in [0.1, 0.15) is 58.4 Å². The van der Waals surface area contributed by atoms with E-state index in [-0.39, 0.29) is 30.3 Å². The van der Waals surface area contributed by atoms with Gasteiger partial charge in [0.15, 0.2) is 0 Å². The number of carbonyl (C=O) groups excluding carboxylic acids is 3. The fourth-order valence-corrected chi connectivity index (χ4v) is 8.09. The summed E-state index contributed by atoms with van der Waals surface area (Å²) in [6.45, 7) is 1.39. The molecule has 3 aromatic carbocycles. The maximum Gasteiger partial charge on any atom is 0.261 e. The predicted octanol–water partition coefficient (Wildman–Crippen LogP) is 5.00. The first-order chi connectivity index (χ1) is 21.0. The monoisotopic (exact) mass is 597 g/mol. The van der Waals surface area contributed by atoms with Crippen LogP contribution < -0.4 is 5.32 Å². The summed E-state index contributed by atoms with van der Waals surface area (Å²) in [5, 5.41) is 15.0. The molecule has 2 fully saturated rings. The molecule has 43 heavy (non-hydrogen) atoms. The van der Waals surface area contributed by atoms with Gasteiger partial charge in [0.05, 0.1) is 29.3 Å². The summed E-state index contributed by atoms with van der Waals surface area (Å²) in [7, 11) is 0. The van der Waals surface area contributed by atoms with Gasteiger partial charge in [-0.3, -0.25) is 24.2 Å². The number of carbonyl (C=O) groups is 3. The molecule has 0 bridgehead atoms. The lowest BCUT2D eigenvalue weighted by atomic mass is 9.72. The van der Waals surface area contributed by atoms with Gasteiger partial charge in [-0.1, -0.05) is 79.9 Å². The number of benzene rings is 3. The average molecular weight is 598 g/mol. The molecule has 2 N–H and O–H groups in total. The molecule has 7 nitrogen and oxygen atoms in total. The zero-order valence-corrected chi connectivity index (χ0v) is 25.1. The highest BCUT2D eigenvalue weighted by Gasteiger charge is 2.45. The molecule has 3 aromatic rings. The third-order valence-electron chi connectivity index (χ3n) is 9.30. The molecule has 0 radical (unpaired) electrons. The van der Waals surface area contributed by atoms with Crippen molar-refractivity contribution in [1.82, 2.24) is 15.1 Å². The van der Waals surface area contributed by atoms with Crippen molar-refractivity contribution in [1.29, 1.82) is 0 Å². The van der Waals surface area contributed by atoms with Crippen LogP contribution in [0.5, 0.6) is 0 Å². The number of hydrogen-bond donors (Lipinski definition) is 2. The van der Waals surface area contributed by atoms with Gasteiger partial charge in [0.2, 0.25) is 5.91 Å². The normalized spacial score (nSPS) is 23.4. The van der Waals surface area contributed by atoms with Crippen LogP contribution >= 0.6 is 11.8 Å². The molecule has 1 saturated heterocycles. The van der Waals surface area contributed by atoms with Gasteiger partial charge in [-0.15, -0.1) is 11.8 Å². The van der Waals surface area contributed by atoms with E-state index in [1.54, 1.807) is 24.3 Å². The maximum atomic E-state index is 13.7. The molecule has 6 rings (SSSR count). The van der Waals surface area contributed by atoms with Gasteiger partial charge in [-0.25, -0.2) is 0 Å². The van der Waals surface area contributed by atoms with E-state index in [9.17, 15) is 19.5 Å². The Hall–Kier alpha value is -3.46. The number of likely N-dealkylation sites (tertiary alicyclic amines) is 1. The summed E-state index contributed by atoms with van der Waals surface area (Å²) in [5.41, 5.74) is 1.78. The van der Waals surface area contributed by atoms with Gasteiger partial charge in [-0.05, 0) is 54.5 Å². The van der Waals surface area contributed by atoms with Crippen LogP contribution in [-0.2, 0) is 11.3 Å². The van der Waals surface area contributed by atoms with Crippen molar-refractivity contribution >= 4 is 29.5 Å². The molecular formula is C35H39N3O4S. The number of aliphatic hydroxyl groups excluding tert-OH is 1. The SMILES string of the molecule is O=C(NCc1ccccc1)C1CC2CCCCC2CN1CC(O)C(CSc1ccccc1)N1C(=O)c2ccccc2C1=O. The smallest absolute Gasteiger partial charge is 0.261 e.